The Kier molecular flexibility index (Phi) is 4.37. The van der Waals surface area contributed by atoms with Gasteiger partial charge in [-0.25, -0.2) is 4.79 Å². The number of carbonyl (C=O) groups is 1. The number of allylic oxidation sites excluding steroid dienone is 1. The molecule has 58 valence electrons. The minimum Gasteiger partial charge on any atom is -0.466 e. The fraction of sp³-hybridized carbons (Fsp3) is 0.571. The quantitative estimate of drug-likeness (QED) is 0.466. The number of rotatable bonds is 3. The van der Waals surface area contributed by atoms with Crippen LogP contribution in [-0.4, -0.2) is 20.1 Å². The Balaban J connectivity index is 3.96. The third-order valence-corrected chi connectivity index (χ3v) is 1.20. The van der Waals surface area contributed by atoms with Gasteiger partial charge in [0.05, 0.1) is 7.11 Å². The molecule has 3 heteroatoms. The Hall–Kier alpha value is -0.990. The van der Waals surface area contributed by atoms with Crippen LogP contribution in [0.15, 0.2) is 11.8 Å². The summed E-state index contributed by atoms with van der Waals surface area (Å²) in [6.45, 7) is 1.96. The lowest BCUT2D eigenvalue weighted by Gasteiger charge is -2.00. The van der Waals surface area contributed by atoms with Crippen LogP contribution >= 0.6 is 0 Å². The molecule has 0 bridgehead atoms. The Bertz CT molecular complexity index is 135. The third kappa shape index (κ3) is 3.12. The van der Waals surface area contributed by atoms with Gasteiger partial charge in [0, 0.05) is 18.8 Å². The van der Waals surface area contributed by atoms with E-state index in [2.05, 4.69) is 10.1 Å². The zero-order valence-corrected chi connectivity index (χ0v) is 6.60. The molecule has 0 saturated carbocycles. The highest BCUT2D eigenvalue weighted by atomic mass is 16.5. The maximum Gasteiger partial charge on any atom is 0.332 e. The van der Waals surface area contributed by atoms with Crippen molar-refractivity contribution in [1.29, 1.82) is 0 Å². The van der Waals surface area contributed by atoms with Crippen molar-refractivity contribution in [2.75, 3.05) is 14.2 Å². The first-order valence-corrected chi connectivity index (χ1v) is 3.20. The van der Waals surface area contributed by atoms with Crippen molar-refractivity contribution in [3.8, 4) is 0 Å². The Morgan fingerprint density at radius 1 is 1.70 bits per heavy atom. The second kappa shape index (κ2) is 4.85. The van der Waals surface area contributed by atoms with Crippen molar-refractivity contribution in [3.63, 3.8) is 0 Å². The molecule has 0 radical (unpaired) electrons. The lowest BCUT2D eigenvalue weighted by molar-refractivity contribution is -0.134. The first-order valence-electron chi connectivity index (χ1n) is 3.20. The minimum absolute atomic E-state index is 0.314. The molecule has 10 heavy (non-hydrogen) atoms. The van der Waals surface area contributed by atoms with Gasteiger partial charge < -0.3 is 10.1 Å². The number of hydrogen-bond acceptors (Lipinski definition) is 3. The van der Waals surface area contributed by atoms with Gasteiger partial charge in [-0.1, -0.05) is 6.92 Å². The van der Waals surface area contributed by atoms with Gasteiger partial charge in [-0.2, -0.15) is 0 Å². The summed E-state index contributed by atoms with van der Waals surface area (Å²) in [5.41, 5.74) is 0.881. The summed E-state index contributed by atoms with van der Waals surface area (Å²) in [6.07, 6.45) is 2.26. The minimum atomic E-state index is -0.314. The van der Waals surface area contributed by atoms with Crippen molar-refractivity contribution in [3.05, 3.63) is 11.8 Å². The molecule has 1 N–H and O–H groups in total. The van der Waals surface area contributed by atoms with Gasteiger partial charge in [-0.15, -0.1) is 0 Å². The van der Waals surface area contributed by atoms with Crippen molar-refractivity contribution in [2.45, 2.75) is 13.3 Å². The van der Waals surface area contributed by atoms with E-state index in [0.29, 0.717) is 0 Å². The van der Waals surface area contributed by atoms with Crippen LogP contribution in [-0.2, 0) is 9.53 Å². The van der Waals surface area contributed by atoms with Crippen molar-refractivity contribution in [2.24, 2.45) is 0 Å². The van der Waals surface area contributed by atoms with Gasteiger partial charge in [0.1, 0.15) is 0 Å². The van der Waals surface area contributed by atoms with E-state index >= 15 is 0 Å². The molecule has 0 aliphatic carbocycles. The fourth-order valence-corrected chi connectivity index (χ4v) is 0.552. The third-order valence-electron chi connectivity index (χ3n) is 1.20. The summed E-state index contributed by atoms with van der Waals surface area (Å²) < 4.78 is 4.43. The first-order chi connectivity index (χ1) is 4.74. The van der Waals surface area contributed by atoms with Crippen LogP contribution in [0.5, 0.6) is 0 Å². The lowest BCUT2D eigenvalue weighted by Crippen LogP contribution is -2.08. The standard InChI is InChI=1S/C7H13NO2/c1-4-6(8-2)5-7(9)10-3/h5,8H,4H2,1-3H3/b6-5+. The van der Waals surface area contributed by atoms with Crippen LogP contribution in [0.2, 0.25) is 0 Å². The highest BCUT2D eigenvalue weighted by Gasteiger charge is 1.95. The molecule has 0 amide bonds. The molecule has 0 aromatic heterocycles. The average molecular weight is 143 g/mol. The Morgan fingerprint density at radius 2 is 2.30 bits per heavy atom. The zero-order chi connectivity index (χ0) is 7.98. The fourth-order valence-electron chi connectivity index (χ4n) is 0.552. The maximum absolute atomic E-state index is 10.6. The number of nitrogens with one attached hydrogen (secondary N) is 1. The topological polar surface area (TPSA) is 38.3 Å². The second-order valence-electron chi connectivity index (χ2n) is 1.80. The molecule has 0 rings (SSSR count). The molecule has 0 aromatic carbocycles. The number of hydrogen-bond donors (Lipinski definition) is 1. The van der Waals surface area contributed by atoms with E-state index in [9.17, 15) is 4.79 Å². The van der Waals surface area contributed by atoms with Gasteiger partial charge in [0.2, 0.25) is 0 Å². The van der Waals surface area contributed by atoms with E-state index in [0.717, 1.165) is 12.1 Å². The van der Waals surface area contributed by atoms with Crippen molar-refractivity contribution >= 4 is 5.97 Å². The van der Waals surface area contributed by atoms with Gasteiger partial charge in [0.15, 0.2) is 0 Å². The summed E-state index contributed by atoms with van der Waals surface area (Å²) in [5, 5.41) is 2.88. The molecule has 0 aliphatic heterocycles. The van der Waals surface area contributed by atoms with Crippen molar-refractivity contribution < 1.29 is 9.53 Å². The lowest BCUT2D eigenvalue weighted by atomic mass is 10.3. The van der Waals surface area contributed by atoms with Crippen molar-refractivity contribution in [1.82, 2.24) is 5.32 Å². The van der Waals surface area contributed by atoms with Crippen LogP contribution in [0.1, 0.15) is 13.3 Å². The molecular formula is C7H13NO2. The normalized spacial score (nSPS) is 10.9. The largest absolute Gasteiger partial charge is 0.466 e. The molecule has 0 fully saturated rings. The number of esters is 1. The molecule has 0 atom stereocenters. The molecule has 0 aromatic rings. The highest BCUT2D eigenvalue weighted by Crippen LogP contribution is 1.93. The Morgan fingerprint density at radius 3 is 2.60 bits per heavy atom. The number of methoxy groups -OCH3 is 1. The van der Waals surface area contributed by atoms with Gasteiger partial charge in [-0.3, -0.25) is 0 Å². The van der Waals surface area contributed by atoms with E-state index in [1.807, 2.05) is 6.92 Å². The zero-order valence-electron chi connectivity index (χ0n) is 6.60. The smallest absolute Gasteiger partial charge is 0.332 e. The van der Waals surface area contributed by atoms with Crippen LogP contribution in [0.4, 0.5) is 0 Å². The summed E-state index contributed by atoms with van der Waals surface area (Å²) in [6, 6.07) is 0. The molecule has 0 heterocycles. The van der Waals surface area contributed by atoms with Crippen LogP contribution in [0, 0.1) is 0 Å². The molecular weight excluding hydrogens is 130 g/mol. The second-order valence-corrected chi connectivity index (χ2v) is 1.80. The van der Waals surface area contributed by atoms with E-state index in [-0.39, 0.29) is 5.97 Å². The van der Waals surface area contributed by atoms with E-state index in [4.69, 9.17) is 0 Å². The highest BCUT2D eigenvalue weighted by molar-refractivity contribution is 5.82. The molecule has 0 spiro atoms. The number of carbonyl (C=O) groups excluding carboxylic acids is 1. The maximum atomic E-state index is 10.6. The van der Waals surface area contributed by atoms with Crippen LogP contribution in [0.25, 0.3) is 0 Å². The summed E-state index contributed by atoms with van der Waals surface area (Å²) in [4.78, 5) is 10.6. The predicted molar refractivity (Wildman–Crippen MR) is 39.4 cm³/mol. The molecule has 3 nitrogen and oxygen atoms in total. The van der Waals surface area contributed by atoms with Crippen LogP contribution in [0.3, 0.4) is 0 Å². The Labute approximate surface area is 61.1 Å². The summed E-state index contributed by atoms with van der Waals surface area (Å²) in [5.74, 6) is -0.314. The van der Waals surface area contributed by atoms with Gasteiger partial charge >= 0.3 is 5.97 Å². The van der Waals surface area contributed by atoms with Crippen LogP contribution < -0.4 is 5.32 Å². The first kappa shape index (κ1) is 9.01. The summed E-state index contributed by atoms with van der Waals surface area (Å²) in [7, 11) is 3.14. The van der Waals surface area contributed by atoms with E-state index in [1.54, 1.807) is 7.05 Å². The van der Waals surface area contributed by atoms with E-state index < -0.39 is 0 Å². The molecule has 0 unspecified atom stereocenters. The number of ether oxygens (including phenoxy) is 1. The predicted octanol–water partition coefficient (Wildman–Crippen LogP) is 0.673. The monoisotopic (exact) mass is 143 g/mol. The summed E-state index contributed by atoms with van der Waals surface area (Å²) >= 11 is 0. The van der Waals surface area contributed by atoms with E-state index in [1.165, 1.54) is 13.2 Å². The average Bonchev–Trinajstić information content (AvgIpc) is 1.99. The molecule has 0 saturated heterocycles. The molecule has 0 aliphatic rings. The van der Waals surface area contributed by atoms with Gasteiger partial charge in [-0.05, 0) is 6.42 Å². The SMILES string of the molecule is CC/C(=C\C(=O)OC)NC. The van der Waals surface area contributed by atoms with Gasteiger partial charge in [0.25, 0.3) is 0 Å².